The predicted octanol–water partition coefficient (Wildman–Crippen LogP) is 0.691. The first-order valence-electron chi connectivity index (χ1n) is 8.97. The van der Waals surface area contributed by atoms with E-state index in [9.17, 15) is 8.42 Å². The molecule has 3 aromatic rings. The van der Waals surface area contributed by atoms with Gasteiger partial charge in [-0.1, -0.05) is 11.3 Å². The number of sulfonamides is 1. The number of methoxy groups -OCH3 is 1. The van der Waals surface area contributed by atoms with E-state index < -0.39 is 10.0 Å². The number of nitrogens with zero attached hydrogens (tertiary/aromatic N) is 7. The first-order valence-corrected chi connectivity index (χ1v) is 10.6. The monoisotopic (exact) mass is 403 g/mol. The van der Waals surface area contributed by atoms with E-state index in [2.05, 4.69) is 20.3 Å². The Labute approximate surface area is 162 Å². The van der Waals surface area contributed by atoms with Crippen molar-refractivity contribution in [2.75, 3.05) is 43.9 Å². The summed E-state index contributed by atoms with van der Waals surface area (Å²) in [7, 11) is -1.57. The number of hydrogen-bond acceptors (Lipinski definition) is 8. The van der Waals surface area contributed by atoms with Crippen LogP contribution in [0.15, 0.2) is 30.6 Å². The SMILES string of the molecule is CCS(=O)(=O)N1CCN(c2ncnc3c2nnn3-c2cccc(OC)c2)CC1. The molecule has 0 radical (unpaired) electrons. The van der Waals surface area contributed by atoms with E-state index in [0.29, 0.717) is 48.9 Å². The summed E-state index contributed by atoms with van der Waals surface area (Å²) < 4.78 is 32.6. The van der Waals surface area contributed by atoms with Crippen LogP contribution in [-0.2, 0) is 10.0 Å². The third kappa shape index (κ3) is 3.27. The lowest BCUT2D eigenvalue weighted by molar-refractivity contribution is 0.385. The van der Waals surface area contributed by atoms with E-state index in [4.69, 9.17) is 4.74 Å². The van der Waals surface area contributed by atoms with Crippen LogP contribution < -0.4 is 9.64 Å². The number of aromatic nitrogens is 5. The summed E-state index contributed by atoms with van der Waals surface area (Å²) >= 11 is 0. The molecule has 0 unspecified atom stereocenters. The number of hydrogen-bond donors (Lipinski definition) is 0. The number of piperazine rings is 1. The fourth-order valence-corrected chi connectivity index (χ4v) is 4.33. The lowest BCUT2D eigenvalue weighted by Gasteiger charge is -2.34. The maximum atomic E-state index is 12.1. The summed E-state index contributed by atoms with van der Waals surface area (Å²) in [6.45, 7) is 3.58. The molecule has 0 bridgehead atoms. The molecule has 0 aliphatic carbocycles. The molecule has 1 saturated heterocycles. The van der Waals surface area contributed by atoms with Gasteiger partial charge < -0.3 is 9.64 Å². The number of rotatable bonds is 5. The largest absolute Gasteiger partial charge is 0.497 e. The number of benzene rings is 1. The topological polar surface area (TPSA) is 106 Å². The Hall–Kier alpha value is -2.79. The van der Waals surface area contributed by atoms with Crippen molar-refractivity contribution in [1.82, 2.24) is 29.3 Å². The molecule has 1 aliphatic rings. The van der Waals surface area contributed by atoms with Crippen molar-refractivity contribution < 1.29 is 13.2 Å². The van der Waals surface area contributed by atoms with Gasteiger partial charge in [-0.25, -0.2) is 18.4 Å². The molecule has 0 atom stereocenters. The minimum atomic E-state index is -3.18. The van der Waals surface area contributed by atoms with Crippen LogP contribution in [0.1, 0.15) is 6.92 Å². The Kier molecular flexibility index (Phi) is 4.85. The average molecular weight is 403 g/mol. The molecular formula is C17H21N7O3S. The molecule has 1 aliphatic heterocycles. The minimum absolute atomic E-state index is 0.111. The van der Waals surface area contributed by atoms with Crippen LogP contribution in [0.2, 0.25) is 0 Å². The zero-order valence-electron chi connectivity index (χ0n) is 15.7. The molecule has 1 fully saturated rings. The lowest BCUT2D eigenvalue weighted by atomic mass is 10.3. The molecule has 0 amide bonds. The molecule has 2 aromatic heterocycles. The second-order valence-electron chi connectivity index (χ2n) is 6.36. The number of fused-ring (bicyclic) bond motifs is 1. The first-order chi connectivity index (χ1) is 13.5. The Morgan fingerprint density at radius 1 is 1.14 bits per heavy atom. The van der Waals surface area contributed by atoms with Gasteiger partial charge in [-0.2, -0.15) is 8.99 Å². The van der Waals surface area contributed by atoms with Crippen molar-refractivity contribution >= 4 is 27.0 Å². The Bertz CT molecular complexity index is 1090. The van der Waals surface area contributed by atoms with Crippen molar-refractivity contribution in [3.05, 3.63) is 30.6 Å². The van der Waals surface area contributed by atoms with E-state index in [-0.39, 0.29) is 5.75 Å². The molecule has 28 heavy (non-hydrogen) atoms. The highest BCUT2D eigenvalue weighted by atomic mass is 32.2. The average Bonchev–Trinajstić information content (AvgIpc) is 3.18. The van der Waals surface area contributed by atoms with Gasteiger partial charge in [0, 0.05) is 32.2 Å². The summed E-state index contributed by atoms with van der Waals surface area (Å²) in [5.74, 6) is 1.48. The summed E-state index contributed by atoms with van der Waals surface area (Å²) in [5, 5.41) is 8.52. The fourth-order valence-electron chi connectivity index (χ4n) is 3.24. The van der Waals surface area contributed by atoms with Crippen molar-refractivity contribution in [3.8, 4) is 11.4 Å². The Morgan fingerprint density at radius 3 is 2.64 bits per heavy atom. The highest BCUT2D eigenvalue weighted by Gasteiger charge is 2.27. The zero-order valence-corrected chi connectivity index (χ0v) is 16.5. The van der Waals surface area contributed by atoms with Gasteiger partial charge in [0.2, 0.25) is 10.0 Å². The quantitative estimate of drug-likeness (QED) is 0.613. The molecule has 3 heterocycles. The summed E-state index contributed by atoms with van der Waals surface area (Å²) in [6.07, 6.45) is 1.48. The molecule has 1 aromatic carbocycles. The van der Waals surface area contributed by atoms with Crippen LogP contribution in [0.25, 0.3) is 16.9 Å². The van der Waals surface area contributed by atoms with E-state index in [1.165, 1.54) is 10.6 Å². The normalized spacial score (nSPS) is 15.9. The standard InChI is InChI=1S/C17H21N7O3S/c1-3-28(25,26)23-9-7-22(8-10-23)16-15-17(19-12-18-16)24(21-20-15)13-5-4-6-14(11-13)27-2/h4-6,11-12H,3,7-10H2,1-2H3. The Balaban J connectivity index is 1.64. The minimum Gasteiger partial charge on any atom is -0.497 e. The lowest BCUT2D eigenvalue weighted by Crippen LogP contribution is -2.49. The second kappa shape index (κ2) is 7.32. The second-order valence-corrected chi connectivity index (χ2v) is 8.62. The molecule has 0 spiro atoms. The van der Waals surface area contributed by atoms with Gasteiger partial charge in [0.25, 0.3) is 0 Å². The van der Waals surface area contributed by atoms with Gasteiger partial charge in [0.05, 0.1) is 18.6 Å². The van der Waals surface area contributed by atoms with Crippen LogP contribution in [0, 0.1) is 0 Å². The smallest absolute Gasteiger partial charge is 0.213 e. The molecule has 4 rings (SSSR count). The summed E-state index contributed by atoms with van der Waals surface area (Å²) in [4.78, 5) is 10.8. The summed E-state index contributed by atoms with van der Waals surface area (Å²) in [6, 6.07) is 7.47. The van der Waals surface area contributed by atoms with Crippen LogP contribution in [0.4, 0.5) is 5.82 Å². The van der Waals surface area contributed by atoms with Gasteiger partial charge in [-0.15, -0.1) is 5.10 Å². The molecule has 148 valence electrons. The van der Waals surface area contributed by atoms with Crippen molar-refractivity contribution in [3.63, 3.8) is 0 Å². The van der Waals surface area contributed by atoms with Gasteiger partial charge in [0.1, 0.15) is 12.1 Å². The maximum Gasteiger partial charge on any atom is 0.213 e. The number of ether oxygens (including phenoxy) is 1. The predicted molar refractivity (Wildman–Crippen MR) is 104 cm³/mol. The van der Waals surface area contributed by atoms with Crippen molar-refractivity contribution in [2.24, 2.45) is 0 Å². The van der Waals surface area contributed by atoms with E-state index in [0.717, 1.165) is 5.69 Å². The van der Waals surface area contributed by atoms with Crippen molar-refractivity contribution in [2.45, 2.75) is 6.92 Å². The highest BCUT2D eigenvalue weighted by molar-refractivity contribution is 7.89. The van der Waals surface area contributed by atoms with Crippen LogP contribution in [0.5, 0.6) is 5.75 Å². The third-order valence-electron chi connectivity index (χ3n) is 4.81. The zero-order chi connectivity index (χ0) is 19.7. The third-order valence-corrected chi connectivity index (χ3v) is 6.69. The molecular weight excluding hydrogens is 382 g/mol. The molecule has 11 heteroatoms. The fraction of sp³-hybridized carbons (Fsp3) is 0.412. The Morgan fingerprint density at radius 2 is 1.93 bits per heavy atom. The molecule has 0 saturated carbocycles. The maximum absolute atomic E-state index is 12.1. The highest BCUT2D eigenvalue weighted by Crippen LogP contribution is 2.25. The van der Waals surface area contributed by atoms with Gasteiger partial charge in [0.15, 0.2) is 17.0 Å². The van der Waals surface area contributed by atoms with E-state index in [1.54, 1.807) is 18.7 Å². The van der Waals surface area contributed by atoms with Crippen LogP contribution in [-0.4, -0.2) is 76.7 Å². The van der Waals surface area contributed by atoms with E-state index >= 15 is 0 Å². The first kappa shape index (κ1) is 18.6. The van der Waals surface area contributed by atoms with Crippen molar-refractivity contribution in [1.29, 1.82) is 0 Å². The summed E-state index contributed by atoms with van der Waals surface area (Å²) in [5.41, 5.74) is 1.95. The number of anilines is 1. The van der Waals surface area contributed by atoms with Crippen LogP contribution >= 0.6 is 0 Å². The van der Waals surface area contributed by atoms with Gasteiger partial charge >= 0.3 is 0 Å². The van der Waals surface area contributed by atoms with E-state index in [1.807, 2.05) is 29.2 Å². The molecule has 10 nitrogen and oxygen atoms in total. The van der Waals surface area contributed by atoms with Crippen LogP contribution in [0.3, 0.4) is 0 Å². The molecule has 0 N–H and O–H groups in total. The van der Waals surface area contributed by atoms with Gasteiger partial charge in [-0.05, 0) is 19.1 Å². The van der Waals surface area contributed by atoms with Gasteiger partial charge in [-0.3, -0.25) is 0 Å².